The highest BCUT2D eigenvalue weighted by Crippen LogP contribution is 2.17. The molecule has 0 unspecified atom stereocenters. The molecule has 0 saturated carbocycles. The van der Waals surface area contributed by atoms with E-state index in [0.29, 0.717) is 13.1 Å². The van der Waals surface area contributed by atoms with Crippen LogP contribution in [-0.4, -0.2) is 48.6 Å². The lowest BCUT2D eigenvalue weighted by Gasteiger charge is -2.35. The Balaban J connectivity index is 1.51. The van der Waals surface area contributed by atoms with Crippen LogP contribution in [0.3, 0.4) is 0 Å². The molecule has 0 radical (unpaired) electrons. The summed E-state index contributed by atoms with van der Waals surface area (Å²) in [6.07, 6.45) is 1.71. The Kier molecular flexibility index (Phi) is 4.84. The van der Waals surface area contributed by atoms with E-state index in [4.69, 9.17) is 4.74 Å². The van der Waals surface area contributed by atoms with E-state index in [9.17, 15) is 9.59 Å². The number of pyridine rings is 1. The summed E-state index contributed by atoms with van der Waals surface area (Å²) in [5.74, 6) is 0.747. The number of rotatable bonds is 4. The number of ether oxygens (including phenoxy) is 1. The highest BCUT2D eigenvalue weighted by molar-refractivity contribution is 5.78. The van der Waals surface area contributed by atoms with E-state index >= 15 is 0 Å². The first-order chi connectivity index (χ1) is 11.6. The molecule has 1 N–H and O–H groups in total. The number of hydrogen-bond acceptors (Lipinski definition) is 4. The summed E-state index contributed by atoms with van der Waals surface area (Å²) in [6, 6.07) is 11.0. The topological polar surface area (TPSA) is 65.6 Å². The first-order valence-corrected chi connectivity index (χ1v) is 8.03. The van der Waals surface area contributed by atoms with Gasteiger partial charge in [0.15, 0.2) is 6.61 Å². The number of nitrogens with one attached hydrogen (secondary N) is 1. The Bertz CT molecular complexity index is 744. The van der Waals surface area contributed by atoms with Crippen molar-refractivity contribution in [1.82, 2.24) is 9.88 Å². The smallest absolute Gasteiger partial charge is 0.260 e. The maximum atomic E-state index is 12.3. The van der Waals surface area contributed by atoms with Crippen molar-refractivity contribution in [2.24, 2.45) is 0 Å². The number of nitrogens with zero attached hydrogens (tertiary/aromatic N) is 2. The van der Waals surface area contributed by atoms with Crippen molar-refractivity contribution in [2.75, 3.05) is 37.7 Å². The van der Waals surface area contributed by atoms with Crippen LogP contribution < -0.4 is 15.2 Å². The molecule has 1 amide bonds. The maximum absolute atomic E-state index is 12.3. The standard InChI is InChI=1S/C18H21N3O3/c1-14-4-2-3-5-16(14)24-13-18(23)21-10-8-20(9-11-21)15-6-7-17(22)19-12-15/h2-7,12H,8-11,13H2,1H3,(H,19,22). The van der Waals surface area contributed by atoms with Crippen molar-refractivity contribution in [3.63, 3.8) is 0 Å². The molecule has 2 aromatic rings. The summed E-state index contributed by atoms with van der Waals surface area (Å²) in [4.78, 5) is 30.1. The third-order valence-corrected chi connectivity index (χ3v) is 4.21. The van der Waals surface area contributed by atoms with E-state index < -0.39 is 0 Å². The lowest BCUT2D eigenvalue weighted by atomic mass is 10.2. The van der Waals surface area contributed by atoms with Crippen LogP contribution in [0.5, 0.6) is 5.75 Å². The number of benzene rings is 1. The quantitative estimate of drug-likeness (QED) is 0.922. The fourth-order valence-electron chi connectivity index (χ4n) is 2.76. The largest absolute Gasteiger partial charge is 0.484 e. The molecule has 0 bridgehead atoms. The van der Waals surface area contributed by atoms with Crippen LogP contribution in [0.15, 0.2) is 47.4 Å². The maximum Gasteiger partial charge on any atom is 0.260 e. The van der Waals surface area contributed by atoms with Gasteiger partial charge in [-0.2, -0.15) is 0 Å². The summed E-state index contributed by atoms with van der Waals surface area (Å²) < 4.78 is 5.63. The first-order valence-electron chi connectivity index (χ1n) is 8.03. The predicted molar refractivity (Wildman–Crippen MR) is 92.5 cm³/mol. The number of carbonyl (C=O) groups is 1. The zero-order valence-electron chi connectivity index (χ0n) is 13.7. The van der Waals surface area contributed by atoms with E-state index in [0.717, 1.165) is 30.1 Å². The van der Waals surface area contributed by atoms with Crippen LogP contribution in [0.1, 0.15) is 5.56 Å². The summed E-state index contributed by atoms with van der Waals surface area (Å²) in [5, 5.41) is 0. The minimum atomic E-state index is -0.110. The number of carbonyl (C=O) groups excluding carboxylic acids is 1. The molecular weight excluding hydrogens is 306 g/mol. The van der Waals surface area contributed by atoms with Crippen molar-refractivity contribution >= 4 is 11.6 Å². The van der Waals surface area contributed by atoms with Gasteiger partial charge in [-0.3, -0.25) is 9.59 Å². The molecule has 1 aromatic heterocycles. The Hall–Kier alpha value is -2.76. The highest BCUT2D eigenvalue weighted by Gasteiger charge is 2.21. The molecule has 0 atom stereocenters. The Morgan fingerprint density at radius 1 is 1.12 bits per heavy atom. The van der Waals surface area contributed by atoms with E-state index in [-0.39, 0.29) is 18.1 Å². The van der Waals surface area contributed by atoms with Gasteiger partial charge in [0.1, 0.15) is 5.75 Å². The number of piperazine rings is 1. The van der Waals surface area contributed by atoms with Gasteiger partial charge in [0, 0.05) is 38.4 Å². The van der Waals surface area contributed by atoms with Crippen LogP contribution in [0.4, 0.5) is 5.69 Å². The summed E-state index contributed by atoms with van der Waals surface area (Å²) >= 11 is 0. The molecule has 1 fully saturated rings. The second-order valence-corrected chi connectivity index (χ2v) is 5.83. The van der Waals surface area contributed by atoms with E-state index in [1.807, 2.05) is 36.1 Å². The molecule has 0 spiro atoms. The monoisotopic (exact) mass is 327 g/mol. The van der Waals surface area contributed by atoms with Crippen LogP contribution >= 0.6 is 0 Å². The molecule has 6 nitrogen and oxygen atoms in total. The molecule has 24 heavy (non-hydrogen) atoms. The number of aromatic amines is 1. The summed E-state index contributed by atoms with van der Waals surface area (Å²) in [7, 11) is 0. The van der Waals surface area contributed by atoms with Gasteiger partial charge in [0.05, 0.1) is 5.69 Å². The van der Waals surface area contributed by atoms with Gasteiger partial charge in [-0.25, -0.2) is 0 Å². The molecule has 126 valence electrons. The fourth-order valence-corrected chi connectivity index (χ4v) is 2.76. The van der Waals surface area contributed by atoms with Crippen LogP contribution in [0.25, 0.3) is 0 Å². The molecule has 1 aromatic carbocycles. The number of para-hydroxylation sites is 1. The van der Waals surface area contributed by atoms with E-state index in [1.54, 1.807) is 12.3 Å². The molecule has 1 aliphatic rings. The van der Waals surface area contributed by atoms with Gasteiger partial charge in [0.25, 0.3) is 5.91 Å². The minimum Gasteiger partial charge on any atom is -0.484 e. The van der Waals surface area contributed by atoms with Crippen molar-refractivity contribution in [1.29, 1.82) is 0 Å². The van der Waals surface area contributed by atoms with Crippen molar-refractivity contribution in [3.05, 3.63) is 58.5 Å². The van der Waals surface area contributed by atoms with Crippen molar-refractivity contribution < 1.29 is 9.53 Å². The lowest BCUT2D eigenvalue weighted by molar-refractivity contribution is -0.133. The van der Waals surface area contributed by atoms with E-state index in [2.05, 4.69) is 9.88 Å². The minimum absolute atomic E-state index is 0.000582. The summed E-state index contributed by atoms with van der Waals surface area (Å²) in [6.45, 7) is 4.79. The first kappa shape index (κ1) is 16.1. The number of aromatic nitrogens is 1. The third kappa shape index (κ3) is 3.76. The number of hydrogen-bond donors (Lipinski definition) is 1. The normalized spacial score (nSPS) is 14.5. The third-order valence-electron chi connectivity index (χ3n) is 4.21. The van der Waals surface area contributed by atoms with Gasteiger partial charge in [-0.05, 0) is 24.6 Å². The van der Waals surface area contributed by atoms with E-state index in [1.165, 1.54) is 6.07 Å². The lowest BCUT2D eigenvalue weighted by Crippen LogP contribution is -2.50. The number of aryl methyl sites for hydroxylation is 1. The fraction of sp³-hybridized carbons (Fsp3) is 0.333. The van der Waals surface area contributed by atoms with Gasteiger partial charge >= 0.3 is 0 Å². The highest BCUT2D eigenvalue weighted by atomic mass is 16.5. The van der Waals surface area contributed by atoms with Crippen LogP contribution in [0, 0.1) is 6.92 Å². The molecule has 2 heterocycles. The molecular formula is C18H21N3O3. The molecule has 3 rings (SSSR count). The zero-order valence-corrected chi connectivity index (χ0v) is 13.7. The van der Waals surface area contributed by atoms with Crippen molar-refractivity contribution in [3.8, 4) is 5.75 Å². The van der Waals surface area contributed by atoms with Crippen molar-refractivity contribution in [2.45, 2.75) is 6.92 Å². The van der Waals surface area contributed by atoms with Gasteiger partial charge in [0.2, 0.25) is 5.56 Å². The number of anilines is 1. The number of H-pyrrole nitrogens is 1. The van der Waals surface area contributed by atoms with Gasteiger partial charge in [-0.1, -0.05) is 18.2 Å². The Labute approximate surface area is 140 Å². The van der Waals surface area contributed by atoms with Crippen LogP contribution in [0.2, 0.25) is 0 Å². The SMILES string of the molecule is Cc1ccccc1OCC(=O)N1CCN(c2ccc(=O)[nH]c2)CC1. The van der Waals surface area contributed by atoms with Gasteiger partial charge < -0.3 is 19.5 Å². The molecule has 1 aliphatic heterocycles. The molecule has 0 aliphatic carbocycles. The molecule has 6 heteroatoms. The average molecular weight is 327 g/mol. The predicted octanol–water partition coefficient (Wildman–Crippen LogP) is 1.41. The zero-order chi connectivity index (χ0) is 16.9. The summed E-state index contributed by atoms with van der Waals surface area (Å²) in [5.41, 5.74) is 1.88. The van der Waals surface area contributed by atoms with Gasteiger partial charge in [-0.15, -0.1) is 0 Å². The second kappa shape index (κ2) is 7.21. The second-order valence-electron chi connectivity index (χ2n) is 5.83. The Morgan fingerprint density at radius 3 is 2.54 bits per heavy atom. The average Bonchev–Trinajstić information content (AvgIpc) is 2.62. The van der Waals surface area contributed by atoms with Crippen LogP contribution in [-0.2, 0) is 4.79 Å². The number of amides is 1. The molecule has 1 saturated heterocycles. The Morgan fingerprint density at radius 2 is 1.88 bits per heavy atom.